The van der Waals surface area contributed by atoms with Crippen LogP contribution in [0.3, 0.4) is 0 Å². The van der Waals surface area contributed by atoms with Gasteiger partial charge < -0.3 is 10.2 Å². The molecule has 0 spiro atoms. The van der Waals surface area contributed by atoms with Gasteiger partial charge >= 0.3 is 0 Å². The Kier molecular flexibility index (Phi) is 7.53. The van der Waals surface area contributed by atoms with E-state index in [2.05, 4.69) is 16.3 Å². The molecule has 0 fully saturated rings. The quantitative estimate of drug-likeness (QED) is 0.693. The van der Waals surface area contributed by atoms with Crippen molar-refractivity contribution in [3.05, 3.63) is 59.9 Å². The van der Waals surface area contributed by atoms with Crippen molar-refractivity contribution in [2.75, 3.05) is 38.1 Å². The molecule has 0 radical (unpaired) electrons. The number of benzene rings is 2. The molecule has 0 heterocycles. The monoisotopic (exact) mass is 407 g/mol. The van der Waals surface area contributed by atoms with Crippen LogP contribution in [-0.2, 0) is 14.8 Å². The summed E-state index contributed by atoms with van der Waals surface area (Å²) in [5, 5.41) is 2.75. The van der Waals surface area contributed by atoms with Crippen LogP contribution in [0.25, 0.3) is 0 Å². The molecule has 0 bridgehead atoms. The first kappa shape index (κ1) is 21.8. The number of amides is 1. The Bertz CT molecular complexity index is 901. The number of likely N-dealkylation sites (N-methyl/N-ethyl adjacent to an activating group) is 2. The number of hydrogen-bond acceptors (Lipinski definition) is 4. The highest BCUT2D eigenvalue weighted by atomic mass is 32.2. The Morgan fingerprint density at radius 1 is 1.14 bits per heavy atom. The van der Waals surface area contributed by atoms with Crippen LogP contribution in [0.15, 0.2) is 53.4 Å². The summed E-state index contributed by atoms with van der Waals surface area (Å²) in [6, 6.07) is 12.6. The summed E-state index contributed by atoms with van der Waals surface area (Å²) in [7, 11) is -2.53. The van der Waals surface area contributed by atoms with Crippen LogP contribution < -0.4 is 10.2 Å². The third-order valence-electron chi connectivity index (χ3n) is 4.34. The van der Waals surface area contributed by atoms with Crippen LogP contribution in [-0.4, -0.2) is 51.9 Å². The summed E-state index contributed by atoms with van der Waals surface area (Å²) in [5.41, 5.74) is 2.24. The lowest BCUT2D eigenvalue weighted by atomic mass is 10.2. The largest absolute Gasteiger partial charge is 0.370 e. The molecule has 152 valence electrons. The van der Waals surface area contributed by atoms with Gasteiger partial charge in [0.25, 0.3) is 0 Å². The van der Waals surface area contributed by atoms with E-state index in [4.69, 9.17) is 0 Å². The minimum absolute atomic E-state index is 0.0548. The number of aryl methyl sites for hydroxylation is 1. The zero-order chi connectivity index (χ0) is 20.7. The van der Waals surface area contributed by atoms with Crippen molar-refractivity contribution < 1.29 is 17.6 Å². The molecule has 0 aliphatic carbocycles. The van der Waals surface area contributed by atoms with Crippen molar-refractivity contribution >= 4 is 21.6 Å². The molecule has 2 aromatic rings. The van der Waals surface area contributed by atoms with Gasteiger partial charge in [-0.15, -0.1) is 0 Å². The van der Waals surface area contributed by atoms with Gasteiger partial charge in [0.15, 0.2) is 0 Å². The molecule has 28 heavy (non-hydrogen) atoms. The molecule has 6 nitrogen and oxygen atoms in total. The maximum absolute atomic E-state index is 13.0. The Labute approximate surface area is 166 Å². The lowest BCUT2D eigenvalue weighted by Gasteiger charge is -2.24. The summed E-state index contributed by atoms with van der Waals surface area (Å²) in [5.74, 6) is -0.915. The van der Waals surface area contributed by atoms with Gasteiger partial charge in [0.2, 0.25) is 15.9 Å². The number of halogens is 1. The zero-order valence-corrected chi connectivity index (χ0v) is 17.2. The number of carbonyl (C=O) groups excluding carboxylic acids is 1. The number of nitrogens with zero attached hydrogens (tertiary/aromatic N) is 2. The highest BCUT2D eigenvalue weighted by Gasteiger charge is 2.22. The van der Waals surface area contributed by atoms with Crippen molar-refractivity contribution in [1.82, 2.24) is 9.62 Å². The second kappa shape index (κ2) is 9.66. The molecular weight excluding hydrogens is 381 g/mol. The average molecular weight is 408 g/mol. The van der Waals surface area contributed by atoms with E-state index in [0.29, 0.717) is 13.1 Å². The first-order valence-corrected chi connectivity index (χ1v) is 10.5. The summed E-state index contributed by atoms with van der Waals surface area (Å²) in [4.78, 5) is 14.2. The Morgan fingerprint density at radius 2 is 1.82 bits per heavy atom. The number of carbonyl (C=O) groups is 1. The molecule has 0 saturated carbocycles. The summed E-state index contributed by atoms with van der Waals surface area (Å²) >= 11 is 0. The molecule has 0 saturated heterocycles. The number of nitrogens with one attached hydrogen (secondary N) is 1. The fourth-order valence-corrected chi connectivity index (χ4v) is 3.88. The molecule has 2 aromatic carbocycles. The molecule has 2 rings (SSSR count). The van der Waals surface area contributed by atoms with E-state index in [1.165, 1.54) is 19.2 Å². The van der Waals surface area contributed by atoms with E-state index in [-0.39, 0.29) is 11.4 Å². The Hall–Kier alpha value is -2.45. The average Bonchev–Trinajstić information content (AvgIpc) is 2.65. The minimum Gasteiger partial charge on any atom is -0.370 e. The SMILES string of the molecule is CCN(CCNC(=O)CN(C)S(=O)(=O)c1ccc(F)cc1)c1cccc(C)c1. The van der Waals surface area contributed by atoms with Crippen LogP contribution >= 0.6 is 0 Å². The normalized spacial score (nSPS) is 11.5. The maximum Gasteiger partial charge on any atom is 0.243 e. The third-order valence-corrected chi connectivity index (χ3v) is 6.16. The lowest BCUT2D eigenvalue weighted by Crippen LogP contribution is -2.41. The number of sulfonamides is 1. The predicted molar refractivity (Wildman–Crippen MR) is 108 cm³/mol. The van der Waals surface area contributed by atoms with Crippen molar-refractivity contribution in [3.8, 4) is 0 Å². The van der Waals surface area contributed by atoms with Crippen molar-refractivity contribution in [2.24, 2.45) is 0 Å². The molecule has 1 N–H and O–H groups in total. The van der Waals surface area contributed by atoms with E-state index >= 15 is 0 Å². The molecule has 0 unspecified atom stereocenters. The molecule has 8 heteroatoms. The number of anilines is 1. The Balaban J connectivity index is 1.88. The van der Waals surface area contributed by atoms with Gasteiger partial charge in [0.1, 0.15) is 5.82 Å². The number of rotatable bonds is 9. The molecule has 0 aromatic heterocycles. The third kappa shape index (κ3) is 5.77. The van der Waals surface area contributed by atoms with E-state index < -0.39 is 21.7 Å². The molecule has 0 aliphatic rings. The second-order valence-corrected chi connectivity index (χ2v) is 8.53. The van der Waals surface area contributed by atoms with Gasteiger partial charge in [0, 0.05) is 32.4 Å². The van der Waals surface area contributed by atoms with Crippen LogP contribution in [0.4, 0.5) is 10.1 Å². The first-order valence-electron chi connectivity index (χ1n) is 9.04. The minimum atomic E-state index is -3.85. The van der Waals surface area contributed by atoms with E-state index in [0.717, 1.165) is 34.2 Å². The van der Waals surface area contributed by atoms with Gasteiger partial charge in [-0.05, 0) is 55.8 Å². The maximum atomic E-state index is 13.0. The molecular formula is C20H26FN3O3S. The molecule has 0 aliphatic heterocycles. The molecule has 1 amide bonds. The van der Waals surface area contributed by atoms with Gasteiger partial charge in [-0.1, -0.05) is 12.1 Å². The van der Waals surface area contributed by atoms with Crippen LogP contribution in [0.1, 0.15) is 12.5 Å². The summed E-state index contributed by atoms with van der Waals surface area (Å²) in [6.07, 6.45) is 0. The fraction of sp³-hybridized carbons (Fsp3) is 0.350. The van der Waals surface area contributed by atoms with Crippen LogP contribution in [0, 0.1) is 12.7 Å². The number of hydrogen-bond donors (Lipinski definition) is 1. The van der Waals surface area contributed by atoms with Gasteiger partial charge in [0.05, 0.1) is 11.4 Å². The van der Waals surface area contributed by atoms with E-state index in [9.17, 15) is 17.6 Å². The second-order valence-electron chi connectivity index (χ2n) is 6.48. The highest BCUT2D eigenvalue weighted by molar-refractivity contribution is 7.89. The van der Waals surface area contributed by atoms with Crippen molar-refractivity contribution in [3.63, 3.8) is 0 Å². The summed E-state index contributed by atoms with van der Waals surface area (Å²) < 4.78 is 38.8. The summed E-state index contributed by atoms with van der Waals surface area (Å²) in [6.45, 7) is 5.54. The van der Waals surface area contributed by atoms with Crippen LogP contribution in [0.2, 0.25) is 0 Å². The zero-order valence-electron chi connectivity index (χ0n) is 16.4. The highest BCUT2D eigenvalue weighted by Crippen LogP contribution is 2.16. The van der Waals surface area contributed by atoms with E-state index in [1.54, 1.807) is 0 Å². The smallest absolute Gasteiger partial charge is 0.243 e. The lowest BCUT2D eigenvalue weighted by molar-refractivity contribution is -0.121. The van der Waals surface area contributed by atoms with Crippen LogP contribution in [0.5, 0.6) is 0 Å². The molecule has 0 atom stereocenters. The van der Waals surface area contributed by atoms with Gasteiger partial charge in [-0.25, -0.2) is 12.8 Å². The first-order chi connectivity index (χ1) is 13.2. The van der Waals surface area contributed by atoms with E-state index in [1.807, 2.05) is 32.0 Å². The topological polar surface area (TPSA) is 69.7 Å². The van der Waals surface area contributed by atoms with Gasteiger partial charge in [-0.2, -0.15) is 4.31 Å². The van der Waals surface area contributed by atoms with Crippen molar-refractivity contribution in [2.45, 2.75) is 18.7 Å². The van der Waals surface area contributed by atoms with Gasteiger partial charge in [-0.3, -0.25) is 4.79 Å². The van der Waals surface area contributed by atoms with Crippen molar-refractivity contribution in [1.29, 1.82) is 0 Å². The predicted octanol–water partition coefficient (Wildman–Crippen LogP) is 2.40. The Morgan fingerprint density at radius 3 is 2.43 bits per heavy atom. The fourth-order valence-electron chi connectivity index (χ4n) is 2.75. The standard InChI is InChI=1S/C20H26FN3O3S/c1-4-24(18-7-5-6-16(2)14-18)13-12-22-20(25)15-23(3)28(26,27)19-10-8-17(21)9-11-19/h5-11,14H,4,12-13,15H2,1-3H3,(H,22,25).